The molecule has 1 aromatic heterocycles. The predicted molar refractivity (Wildman–Crippen MR) is 35.1 cm³/mol. The van der Waals surface area contributed by atoms with Crippen LogP contribution in [0.2, 0.25) is 0 Å². The van der Waals surface area contributed by atoms with Gasteiger partial charge in [0.15, 0.2) is 5.82 Å². The molecule has 0 saturated carbocycles. The Morgan fingerprint density at radius 3 is 2.46 bits per heavy atom. The zero-order valence-electron chi connectivity index (χ0n) is 6.27. The highest BCUT2D eigenvalue weighted by molar-refractivity contribution is 5.21. The van der Waals surface area contributed by atoms with Gasteiger partial charge in [0, 0.05) is 6.20 Å². The molecule has 0 aliphatic rings. The summed E-state index contributed by atoms with van der Waals surface area (Å²) < 4.78 is 48.9. The average molecular weight is 195 g/mol. The number of aromatic nitrogens is 1. The highest BCUT2D eigenvalue weighted by Gasteiger charge is 2.35. The fraction of sp³-hybridized carbons (Fsp3) is 0.286. The third kappa shape index (κ3) is 1.95. The third-order valence-corrected chi connectivity index (χ3v) is 1.42. The largest absolute Gasteiger partial charge is 0.419 e. The molecule has 0 unspecified atom stereocenters. The highest BCUT2D eigenvalue weighted by atomic mass is 19.4. The van der Waals surface area contributed by atoms with Crippen molar-refractivity contribution in [1.29, 1.82) is 0 Å². The van der Waals surface area contributed by atoms with Crippen LogP contribution >= 0.6 is 0 Å². The topological polar surface area (TPSA) is 33.1 Å². The van der Waals surface area contributed by atoms with Crippen LogP contribution in [0.3, 0.4) is 0 Å². The lowest BCUT2D eigenvalue weighted by Crippen LogP contribution is -2.11. The minimum atomic E-state index is -4.75. The summed E-state index contributed by atoms with van der Waals surface area (Å²) in [5, 5.41) is 8.44. The molecular weight excluding hydrogens is 190 g/mol. The number of hydrogen-bond donors (Lipinski definition) is 1. The minimum Gasteiger partial charge on any atom is -0.390 e. The van der Waals surface area contributed by atoms with E-state index in [1.165, 1.54) is 0 Å². The van der Waals surface area contributed by atoms with Crippen LogP contribution in [0.4, 0.5) is 17.6 Å². The molecule has 72 valence electrons. The van der Waals surface area contributed by atoms with Gasteiger partial charge in [0.1, 0.15) is 5.69 Å². The maximum absolute atomic E-state index is 12.8. The standard InChI is InChI=1S/C7H5F4NO/c8-6-4(7(9,10)11)1-2-12-5(6)3-13/h1-2,13H,3H2. The first-order chi connectivity index (χ1) is 5.96. The van der Waals surface area contributed by atoms with E-state index in [1.54, 1.807) is 0 Å². The van der Waals surface area contributed by atoms with Crippen LogP contribution < -0.4 is 0 Å². The Morgan fingerprint density at radius 2 is 2.00 bits per heavy atom. The SMILES string of the molecule is OCc1nccc(C(F)(F)F)c1F. The molecule has 1 heterocycles. The number of hydrogen-bond acceptors (Lipinski definition) is 2. The van der Waals surface area contributed by atoms with E-state index >= 15 is 0 Å². The Balaban J connectivity index is 3.24. The summed E-state index contributed by atoms with van der Waals surface area (Å²) in [6.45, 7) is -0.851. The molecule has 0 radical (unpaired) electrons. The van der Waals surface area contributed by atoms with Gasteiger partial charge in [-0.05, 0) is 6.07 Å². The minimum absolute atomic E-state index is 0.522. The van der Waals surface area contributed by atoms with Crippen molar-refractivity contribution in [2.75, 3.05) is 0 Å². The van der Waals surface area contributed by atoms with Crippen molar-refractivity contribution in [3.05, 3.63) is 29.3 Å². The zero-order chi connectivity index (χ0) is 10.1. The third-order valence-electron chi connectivity index (χ3n) is 1.42. The van der Waals surface area contributed by atoms with Gasteiger partial charge < -0.3 is 5.11 Å². The van der Waals surface area contributed by atoms with Crippen molar-refractivity contribution < 1.29 is 22.7 Å². The molecule has 1 aromatic rings. The van der Waals surface area contributed by atoms with Crippen LogP contribution in [0.25, 0.3) is 0 Å². The summed E-state index contributed by atoms with van der Waals surface area (Å²) in [6.07, 6.45) is -3.95. The lowest BCUT2D eigenvalue weighted by Gasteiger charge is -2.08. The van der Waals surface area contributed by atoms with Gasteiger partial charge in [0.05, 0.1) is 12.2 Å². The lowest BCUT2D eigenvalue weighted by atomic mass is 10.2. The molecule has 6 heteroatoms. The molecule has 0 amide bonds. The molecule has 0 aliphatic carbocycles. The fourth-order valence-electron chi connectivity index (χ4n) is 0.816. The van der Waals surface area contributed by atoms with Crippen LogP contribution in [0.1, 0.15) is 11.3 Å². The van der Waals surface area contributed by atoms with Crippen LogP contribution in [0.5, 0.6) is 0 Å². The maximum atomic E-state index is 12.8. The molecule has 0 bridgehead atoms. The van der Waals surface area contributed by atoms with Crippen LogP contribution in [0.15, 0.2) is 12.3 Å². The second kappa shape index (κ2) is 3.29. The second-order valence-electron chi connectivity index (χ2n) is 2.28. The monoisotopic (exact) mass is 195 g/mol. The van der Waals surface area contributed by atoms with Gasteiger partial charge >= 0.3 is 6.18 Å². The first kappa shape index (κ1) is 9.91. The number of nitrogens with zero attached hydrogens (tertiary/aromatic N) is 1. The molecule has 13 heavy (non-hydrogen) atoms. The quantitative estimate of drug-likeness (QED) is 0.692. The molecule has 1 N–H and O–H groups in total. The van der Waals surface area contributed by atoms with Crippen molar-refractivity contribution in [3.8, 4) is 0 Å². The Morgan fingerprint density at radius 1 is 1.38 bits per heavy atom. The van der Waals surface area contributed by atoms with Gasteiger partial charge in [-0.1, -0.05) is 0 Å². The van der Waals surface area contributed by atoms with Crippen LogP contribution in [-0.4, -0.2) is 10.1 Å². The first-order valence-corrected chi connectivity index (χ1v) is 3.28. The molecule has 0 atom stereocenters. The molecular formula is C7H5F4NO. The molecule has 0 fully saturated rings. The van der Waals surface area contributed by atoms with Crippen molar-refractivity contribution in [1.82, 2.24) is 4.98 Å². The number of aliphatic hydroxyl groups excluding tert-OH is 1. The second-order valence-corrected chi connectivity index (χ2v) is 2.28. The maximum Gasteiger partial charge on any atom is 0.419 e. The summed E-state index contributed by atoms with van der Waals surface area (Å²) in [6, 6.07) is 0.522. The predicted octanol–water partition coefficient (Wildman–Crippen LogP) is 1.73. The summed E-state index contributed by atoms with van der Waals surface area (Å²) >= 11 is 0. The Bertz CT molecular complexity index is 310. The molecule has 2 nitrogen and oxygen atoms in total. The van der Waals surface area contributed by atoms with E-state index in [-0.39, 0.29) is 0 Å². The van der Waals surface area contributed by atoms with Crippen LogP contribution in [-0.2, 0) is 12.8 Å². The lowest BCUT2D eigenvalue weighted by molar-refractivity contribution is -0.140. The molecule has 0 aromatic carbocycles. The Labute approximate surface area is 70.8 Å². The number of alkyl halides is 3. The van der Waals surface area contributed by atoms with E-state index in [2.05, 4.69) is 4.98 Å². The molecule has 1 rings (SSSR count). The van der Waals surface area contributed by atoms with E-state index in [4.69, 9.17) is 5.11 Å². The summed E-state index contributed by atoms with van der Waals surface area (Å²) in [5.41, 5.74) is -2.01. The van der Waals surface area contributed by atoms with Gasteiger partial charge in [0.2, 0.25) is 0 Å². The Hall–Kier alpha value is -1.17. The molecule has 0 saturated heterocycles. The fourth-order valence-corrected chi connectivity index (χ4v) is 0.816. The van der Waals surface area contributed by atoms with Gasteiger partial charge in [-0.25, -0.2) is 4.39 Å². The van der Waals surface area contributed by atoms with E-state index < -0.39 is 29.9 Å². The summed E-state index contributed by atoms with van der Waals surface area (Å²) in [7, 11) is 0. The van der Waals surface area contributed by atoms with E-state index in [0.29, 0.717) is 6.07 Å². The zero-order valence-corrected chi connectivity index (χ0v) is 6.27. The van der Waals surface area contributed by atoms with Crippen LogP contribution in [0, 0.1) is 5.82 Å². The summed E-state index contributed by atoms with van der Waals surface area (Å²) in [5.74, 6) is -1.52. The van der Waals surface area contributed by atoms with E-state index in [0.717, 1.165) is 6.20 Å². The number of rotatable bonds is 1. The van der Waals surface area contributed by atoms with Crippen molar-refractivity contribution in [3.63, 3.8) is 0 Å². The van der Waals surface area contributed by atoms with Gasteiger partial charge in [-0.2, -0.15) is 13.2 Å². The molecule has 0 aliphatic heterocycles. The van der Waals surface area contributed by atoms with Crippen molar-refractivity contribution in [2.24, 2.45) is 0 Å². The normalized spacial score (nSPS) is 11.8. The Kier molecular flexibility index (Phi) is 2.51. The smallest absolute Gasteiger partial charge is 0.390 e. The average Bonchev–Trinajstić information content (AvgIpc) is 2.02. The number of aliphatic hydroxyl groups is 1. The first-order valence-electron chi connectivity index (χ1n) is 3.28. The van der Waals surface area contributed by atoms with E-state index in [1.807, 2.05) is 0 Å². The van der Waals surface area contributed by atoms with E-state index in [9.17, 15) is 17.6 Å². The van der Waals surface area contributed by atoms with Crippen molar-refractivity contribution in [2.45, 2.75) is 12.8 Å². The van der Waals surface area contributed by atoms with Gasteiger partial charge in [-0.15, -0.1) is 0 Å². The number of pyridine rings is 1. The van der Waals surface area contributed by atoms with Crippen molar-refractivity contribution >= 4 is 0 Å². The summed E-state index contributed by atoms with van der Waals surface area (Å²) in [4.78, 5) is 3.25. The number of halogens is 4. The van der Waals surface area contributed by atoms with Gasteiger partial charge in [0.25, 0.3) is 0 Å². The molecule has 0 spiro atoms. The highest BCUT2D eigenvalue weighted by Crippen LogP contribution is 2.31. The van der Waals surface area contributed by atoms with Gasteiger partial charge in [-0.3, -0.25) is 4.98 Å².